The average molecular weight is 227 g/mol. The Morgan fingerprint density at radius 1 is 1.00 bits per heavy atom. The molecule has 0 aromatic carbocycles. The van der Waals surface area contributed by atoms with Gasteiger partial charge in [0.2, 0.25) is 0 Å². The minimum absolute atomic E-state index is 0.428. The third-order valence-corrected chi connectivity index (χ3v) is 4.22. The van der Waals surface area contributed by atoms with Crippen LogP contribution in [0.1, 0.15) is 73.6 Å². The molecule has 0 heterocycles. The van der Waals surface area contributed by atoms with E-state index < -0.39 is 0 Å². The molecule has 0 aliphatic rings. The molecule has 0 rings (SSSR count). The first kappa shape index (κ1) is 16.0. The molecule has 0 aromatic rings. The van der Waals surface area contributed by atoms with E-state index in [0.717, 1.165) is 12.5 Å². The molecule has 1 nitrogen and oxygen atoms in total. The van der Waals surface area contributed by atoms with Gasteiger partial charge in [0, 0.05) is 6.04 Å². The van der Waals surface area contributed by atoms with Gasteiger partial charge in [0.25, 0.3) is 0 Å². The van der Waals surface area contributed by atoms with Crippen LogP contribution in [-0.4, -0.2) is 12.6 Å². The van der Waals surface area contributed by atoms with E-state index >= 15 is 0 Å². The van der Waals surface area contributed by atoms with Crippen LogP contribution < -0.4 is 5.32 Å². The Bertz CT molecular complexity index is 159. The summed E-state index contributed by atoms with van der Waals surface area (Å²) in [4.78, 5) is 0. The second-order valence-corrected chi connectivity index (χ2v) is 5.77. The van der Waals surface area contributed by atoms with E-state index in [4.69, 9.17) is 0 Å². The molecule has 1 unspecified atom stereocenters. The highest BCUT2D eigenvalue weighted by molar-refractivity contribution is 4.84. The predicted molar refractivity (Wildman–Crippen MR) is 74.8 cm³/mol. The predicted octanol–water partition coefficient (Wildman–Crippen LogP) is 4.62. The van der Waals surface area contributed by atoms with Crippen molar-refractivity contribution >= 4 is 0 Å². The summed E-state index contributed by atoms with van der Waals surface area (Å²) in [6.45, 7) is 15.2. The molecule has 1 N–H and O–H groups in total. The minimum Gasteiger partial charge on any atom is -0.313 e. The van der Waals surface area contributed by atoms with Gasteiger partial charge in [-0.15, -0.1) is 0 Å². The van der Waals surface area contributed by atoms with Crippen molar-refractivity contribution in [2.75, 3.05) is 6.54 Å². The van der Waals surface area contributed by atoms with Crippen molar-refractivity contribution in [2.45, 2.75) is 79.7 Å². The fourth-order valence-corrected chi connectivity index (χ4v) is 2.20. The minimum atomic E-state index is 0.428. The van der Waals surface area contributed by atoms with Crippen LogP contribution in [0.25, 0.3) is 0 Å². The summed E-state index contributed by atoms with van der Waals surface area (Å²) in [7, 11) is 0. The van der Waals surface area contributed by atoms with Gasteiger partial charge in [-0.05, 0) is 37.1 Å². The lowest BCUT2D eigenvalue weighted by molar-refractivity contribution is 0.193. The lowest BCUT2D eigenvalue weighted by Gasteiger charge is -2.36. The van der Waals surface area contributed by atoms with Crippen LogP contribution in [0.3, 0.4) is 0 Å². The van der Waals surface area contributed by atoms with Gasteiger partial charge in [-0.25, -0.2) is 0 Å². The molecule has 0 aromatic heterocycles. The normalized spacial score (nSPS) is 14.4. The molecule has 0 aliphatic carbocycles. The maximum Gasteiger partial charge on any atom is 0.0121 e. The maximum absolute atomic E-state index is 3.76. The Morgan fingerprint density at radius 2 is 1.56 bits per heavy atom. The summed E-state index contributed by atoms with van der Waals surface area (Å²) in [5, 5.41) is 3.76. The van der Waals surface area contributed by atoms with Crippen LogP contribution in [0.4, 0.5) is 0 Å². The van der Waals surface area contributed by atoms with Crippen LogP contribution in [0.5, 0.6) is 0 Å². The maximum atomic E-state index is 3.76. The van der Waals surface area contributed by atoms with E-state index in [1.165, 1.54) is 32.1 Å². The number of rotatable bonds is 9. The molecule has 16 heavy (non-hydrogen) atoms. The molecular formula is C15H33N. The molecule has 0 aliphatic heterocycles. The van der Waals surface area contributed by atoms with Crippen molar-refractivity contribution in [3.63, 3.8) is 0 Å². The molecule has 0 spiro atoms. The first-order valence-electron chi connectivity index (χ1n) is 7.25. The zero-order chi connectivity index (χ0) is 12.6. The summed E-state index contributed by atoms with van der Waals surface area (Å²) in [6.07, 6.45) is 6.47. The van der Waals surface area contributed by atoms with Crippen molar-refractivity contribution in [3.05, 3.63) is 0 Å². The van der Waals surface area contributed by atoms with Gasteiger partial charge in [0.05, 0.1) is 0 Å². The van der Waals surface area contributed by atoms with E-state index in [-0.39, 0.29) is 0 Å². The second kappa shape index (κ2) is 8.11. The van der Waals surface area contributed by atoms with Crippen LogP contribution in [0.2, 0.25) is 0 Å². The monoisotopic (exact) mass is 227 g/mol. The topological polar surface area (TPSA) is 12.0 Å². The molecule has 1 atom stereocenters. The highest BCUT2D eigenvalue weighted by atomic mass is 14.9. The van der Waals surface area contributed by atoms with Crippen molar-refractivity contribution in [3.8, 4) is 0 Å². The SMILES string of the molecule is CCCNC(CC(CC)CC)C(C)(C)CC. The van der Waals surface area contributed by atoms with Crippen LogP contribution in [-0.2, 0) is 0 Å². The van der Waals surface area contributed by atoms with Gasteiger partial charge in [-0.2, -0.15) is 0 Å². The highest BCUT2D eigenvalue weighted by Gasteiger charge is 2.28. The number of hydrogen-bond acceptors (Lipinski definition) is 1. The largest absolute Gasteiger partial charge is 0.313 e. The van der Waals surface area contributed by atoms with E-state index in [9.17, 15) is 0 Å². The van der Waals surface area contributed by atoms with Gasteiger partial charge < -0.3 is 5.32 Å². The summed E-state index contributed by atoms with van der Waals surface area (Å²) in [5.41, 5.74) is 0.428. The first-order chi connectivity index (χ1) is 7.51. The molecular weight excluding hydrogens is 194 g/mol. The number of nitrogens with one attached hydrogen (secondary N) is 1. The van der Waals surface area contributed by atoms with Crippen molar-refractivity contribution in [2.24, 2.45) is 11.3 Å². The Balaban J connectivity index is 4.41. The van der Waals surface area contributed by atoms with Crippen molar-refractivity contribution in [1.29, 1.82) is 0 Å². The molecule has 0 saturated carbocycles. The third-order valence-electron chi connectivity index (χ3n) is 4.22. The van der Waals surface area contributed by atoms with E-state index in [2.05, 4.69) is 46.9 Å². The van der Waals surface area contributed by atoms with Crippen molar-refractivity contribution in [1.82, 2.24) is 5.32 Å². The first-order valence-corrected chi connectivity index (χ1v) is 7.25. The fraction of sp³-hybridized carbons (Fsp3) is 1.00. The third kappa shape index (κ3) is 5.34. The van der Waals surface area contributed by atoms with Crippen molar-refractivity contribution < 1.29 is 0 Å². The van der Waals surface area contributed by atoms with E-state index in [1.807, 2.05) is 0 Å². The van der Waals surface area contributed by atoms with Gasteiger partial charge >= 0.3 is 0 Å². The molecule has 0 amide bonds. The molecule has 1 heteroatoms. The van der Waals surface area contributed by atoms with Gasteiger partial charge in [-0.1, -0.05) is 54.4 Å². The quantitative estimate of drug-likeness (QED) is 0.606. The van der Waals surface area contributed by atoms with E-state index in [1.54, 1.807) is 0 Å². The van der Waals surface area contributed by atoms with Gasteiger partial charge in [-0.3, -0.25) is 0 Å². The summed E-state index contributed by atoms with van der Waals surface area (Å²) in [6, 6.07) is 0.683. The summed E-state index contributed by atoms with van der Waals surface area (Å²) in [5.74, 6) is 0.889. The Labute approximate surface area is 103 Å². The second-order valence-electron chi connectivity index (χ2n) is 5.77. The summed E-state index contributed by atoms with van der Waals surface area (Å²) < 4.78 is 0. The Morgan fingerprint density at radius 3 is 1.94 bits per heavy atom. The molecule has 0 radical (unpaired) electrons. The highest BCUT2D eigenvalue weighted by Crippen LogP contribution is 2.30. The van der Waals surface area contributed by atoms with Crippen LogP contribution >= 0.6 is 0 Å². The van der Waals surface area contributed by atoms with Crippen LogP contribution in [0, 0.1) is 11.3 Å². The standard InChI is InChI=1S/C15H33N/c1-7-11-16-14(15(5,6)10-4)12-13(8-2)9-3/h13-14,16H,7-12H2,1-6H3. The smallest absolute Gasteiger partial charge is 0.0121 e. The Hall–Kier alpha value is -0.0400. The zero-order valence-electron chi connectivity index (χ0n) is 12.4. The van der Waals surface area contributed by atoms with Gasteiger partial charge in [0.15, 0.2) is 0 Å². The summed E-state index contributed by atoms with van der Waals surface area (Å²) >= 11 is 0. The fourth-order valence-electron chi connectivity index (χ4n) is 2.20. The average Bonchev–Trinajstić information content (AvgIpc) is 2.29. The number of hydrogen-bond donors (Lipinski definition) is 1. The molecule has 0 saturated heterocycles. The Kier molecular flexibility index (Phi) is 8.09. The lowest BCUT2D eigenvalue weighted by Crippen LogP contribution is -2.43. The molecule has 0 bridgehead atoms. The molecule has 98 valence electrons. The van der Waals surface area contributed by atoms with Gasteiger partial charge in [0.1, 0.15) is 0 Å². The van der Waals surface area contributed by atoms with Crippen LogP contribution in [0.15, 0.2) is 0 Å². The zero-order valence-corrected chi connectivity index (χ0v) is 12.4. The lowest BCUT2D eigenvalue weighted by atomic mass is 9.76. The molecule has 0 fully saturated rings. The van der Waals surface area contributed by atoms with E-state index in [0.29, 0.717) is 11.5 Å².